The van der Waals surface area contributed by atoms with E-state index in [4.69, 9.17) is 0 Å². The molecule has 0 atom stereocenters. The van der Waals surface area contributed by atoms with Crippen molar-refractivity contribution in [1.29, 1.82) is 0 Å². The van der Waals surface area contributed by atoms with Crippen molar-refractivity contribution in [2.45, 2.75) is 43.7 Å². The Bertz CT molecular complexity index is 946. The number of rotatable bonds is 5. The smallest absolute Gasteiger partial charge is 0.254 e. The number of carbonyl (C=O) groups excluding carboxylic acids is 1. The van der Waals surface area contributed by atoms with Crippen molar-refractivity contribution in [2.24, 2.45) is 0 Å². The molecule has 8 nitrogen and oxygen atoms in total. The van der Waals surface area contributed by atoms with Crippen molar-refractivity contribution >= 4 is 15.9 Å². The zero-order valence-corrected chi connectivity index (χ0v) is 16.2. The molecule has 2 aliphatic rings. The first-order valence-electron chi connectivity index (χ1n) is 9.23. The molecule has 1 aromatic heterocycles. The van der Waals surface area contributed by atoms with Gasteiger partial charge in [0, 0.05) is 38.7 Å². The van der Waals surface area contributed by atoms with Crippen molar-refractivity contribution in [3.63, 3.8) is 0 Å². The van der Waals surface area contributed by atoms with Gasteiger partial charge in [-0.15, -0.1) is 10.2 Å². The highest BCUT2D eigenvalue weighted by Gasteiger charge is 2.27. The van der Waals surface area contributed by atoms with Gasteiger partial charge in [-0.05, 0) is 43.5 Å². The van der Waals surface area contributed by atoms with Gasteiger partial charge in [0.15, 0.2) is 5.82 Å². The Morgan fingerprint density at radius 2 is 1.78 bits per heavy atom. The Kier molecular flexibility index (Phi) is 4.73. The molecule has 1 saturated heterocycles. The topological polar surface area (TPSA) is 88.4 Å². The summed E-state index contributed by atoms with van der Waals surface area (Å²) in [6.07, 6.45) is 3.78. The van der Waals surface area contributed by atoms with Crippen LogP contribution in [0.4, 0.5) is 0 Å². The lowest BCUT2D eigenvalue weighted by atomic mass is 10.2. The van der Waals surface area contributed by atoms with Crippen LogP contribution in [0.2, 0.25) is 0 Å². The molecule has 1 amide bonds. The number of aryl methyl sites for hydroxylation is 1. The molecule has 9 heteroatoms. The second-order valence-corrected chi connectivity index (χ2v) is 9.02. The molecule has 0 aliphatic carbocycles. The van der Waals surface area contributed by atoms with Crippen LogP contribution in [-0.4, -0.2) is 58.4 Å². The Hall–Kier alpha value is -2.26. The minimum Gasteiger partial charge on any atom is -0.334 e. The van der Waals surface area contributed by atoms with Gasteiger partial charge < -0.3 is 9.47 Å². The van der Waals surface area contributed by atoms with E-state index in [1.807, 2.05) is 0 Å². The third-order valence-electron chi connectivity index (χ3n) is 5.22. The first kappa shape index (κ1) is 18.1. The maximum atomic E-state index is 12.7. The largest absolute Gasteiger partial charge is 0.334 e. The van der Waals surface area contributed by atoms with Crippen molar-refractivity contribution in [2.75, 3.05) is 20.1 Å². The first-order chi connectivity index (χ1) is 13.0. The molecule has 0 saturated carbocycles. The van der Waals surface area contributed by atoms with E-state index < -0.39 is 10.0 Å². The lowest BCUT2D eigenvalue weighted by Crippen LogP contribution is -2.29. The van der Waals surface area contributed by atoms with E-state index in [1.54, 1.807) is 24.1 Å². The molecular formula is C18H23N5O3S. The summed E-state index contributed by atoms with van der Waals surface area (Å²) in [7, 11) is -1.75. The zero-order chi connectivity index (χ0) is 19.0. The van der Waals surface area contributed by atoms with E-state index in [9.17, 15) is 13.2 Å². The number of fused-ring (bicyclic) bond motifs is 1. The van der Waals surface area contributed by atoms with E-state index in [1.165, 1.54) is 16.4 Å². The van der Waals surface area contributed by atoms with Gasteiger partial charge in [-0.3, -0.25) is 4.79 Å². The second-order valence-electron chi connectivity index (χ2n) is 7.08. The summed E-state index contributed by atoms with van der Waals surface area (Å²) >= 11 is 0. The van der Waals surface area contributed by atoms with Gasteiger partial charge >= 0.3 is 0 Å². The van der Waals surface area contributed by atoms with Crippen LogP contribution in [0.5, 0.6) is 0 Å². The molecule has 0 N–H and O–H groups in total. The van der Waals surface area contributed by atoms with E-state index in [-0.39, 0.29) is 10.8 Å². The molecule has 0 spiro atoms. The fourth-order valence-electron chi connectivity index (χ4n) is 3.68. The van der Waals surface area contributed by atoms with Gasteiger partial charge in [0.1, 0.15) is 5.82 Å². The van der Waals surface area contributed by atoms with E-state index in [0.29, 0.717) is 25.2 Å². The van der Waals surface area contributed by atoms with Crippen LogP contribution in [0.3, 0.4) is 0 Å². The third kappa shape index (κ3) is 3.37. The van der Waals surface area contributed by atoms with Gasteiger partial charge in [0.2, 0.25) is 10.0 Å². The van der Waals surface area contributed by atoms with Crippen LogP contribution in [-0.2, 0) is 29.5 Å². The van der Waals surface area contributed by atoms with Gasteiger partial charge in [0.05, 0.1) is 11.4 Å². The van der Waals surface area contributed by atoms with Crippen molar-refractivity contribution < 1.29 is 13.2 Å². The summed E-state index contributed by atoms with van der Waals surface area (Å²) < 4.78 is 28.7. The highest BCUT2D eigenvalue weighted by molar-refractivity contribution is 7.89. The van der Waals surface area contributed by atoms with E-state index >= 15 is 0 Å². The number of aromatic nitrogens is 3. The molecule has 0 bridgehead atoms. The highest BCUT2D eigenvalue weighted by Crippen LogP contribution is 2.22. The average molecular weight is 389 g/mol. The fourth-order valence-corrected chi connectivity index (χ4v) is 5.20. The van der Waals surface area contributed by atoms with Crippen LogP contribution in [0.15, 0.2) is 29.2 Å². The number of hydrogen-bond donors (Lipinski definition) is 0. The molecule has 0 unspecified atom stereocenters. The molecule has 1 fully saturated rings. The van der Waals surface area contributed by atoms with Crippen molar-refractivity contribution in [3.05, 3.63) is 41.5 Å². The molecule has 2 aromatic rings. The monoisotopic (exact) mass is 389 g/mol. The molecular weight excluding hydrogens is 366 g/mol. The summed E-state index contributed by atoms with van der Waals surface area (Å²) in [6, 6.07) is 6.19. The zero-order valence-electron chi connectivity index (χ0n) is 15.3. The molecule has 4 rings (SSSR count). The van der Waals surface area contributed by atoms with Gasteiger partial charge in [-0.1, -0.05) is 0 Å². The summed E-state index contributed by atoms with van der Waals surface area (Å²) in [4.78, 5) is 14.5. The molecule has 3 heterocycles. The lowest BCUT2D eigenvalue weighted by molar-refractivity contribution is 0.0780. The van der Waals surface area contributed by atoms with Gasteiger partial charge in [-0.25, -0.2) is 8.42 Å². The number of nitrogens with zero attached hydrogens (tertiary/aromatic N) is 5. The van der Waals surface area contributed by atoms with Crippen LogP contribution >= 0.6 is 0 Å². The minimum atomic E-state index is -3.46. The molecule has 2 aliphatic heterocycles. The SMILES string of the molecule is CN(Cc1nnc2n1CCC2)C(=O)c1ccc(S(=O)(=O)N2CCCC2)cc1. The summed E-state index contributed by atoms with van der Waals surface area (Å²) in [5, 5.41) is 8.34. The lowest BCUT2D eigenvalue weighted by Gasteiger charge is -2.18. The van der Waals surface area contributed by atoms with Crippen LogP contribution in [0, 0.1) is 0 Å². The van der Waals surface area contributed by atoms with Gasteiger partial charge in [0.25, 0.3) is 5.91 Å². The number of sulfonamides is 1. The number of carbonyl (C=O) groups is 1. The van der Waals surface area contributed by atoms with E-state index in [0.717, 1.165) is 43.9 Å². The minimum absolute atomic E-state index is 0.171. The average Bonchev–Trinajstić information content (AvgIpc) is 3.41. The normalized spacial score (nSPS) is 17.2. The van der Waals surface area contributed by atoms with Crippen LogP contribution < -0.4 is 0 Å². The third-order valence-corrected chi connectivity index (χ3v) is 7.13. The highest BCUT2D eigenvalue weighted by atomic mass is 32.2. The predicted octanol–water partition coefficient (Wildman–Crippen LogP) is 1.28. The fraction of sp³-hybridized carbons (Fsp3) is 0.500. The second kappa shape index (κ2) is 7.05. The molecule has 144 valence electrons. The van der Waals surface area contributed by atoms with Gasteiger partial charge in [-0.2, -0.15) is 4.31 Å². The number of hydrogen-bond acceptors (Lipinski definition) is 5. The van der Waals surface area contributed by atoms with Crippen molar-refractivity contribution in [3.8, 4) is 0 Å². The number of amides is 1. The summed E-state index contributed by atoms with van der Waals surface area (Å²) in [6.45, 7) is 2.39. The quantitative estimate of drug-likeness (QED) is 0.769. The summed E-state index contributed by atoms with van der Waals surface area (Å²) in [5.74, 6) is 1.59. The maximum Gasteiger partial charge on any atom is 0.254 e. The Morgan fingerprint density at radius 1 is 1.07 bits per heavy atom. The van der Waals surface area contributed by atoms with Crippen LogP contribution in [0.1, 0.15) is 41.3 Å². The predicted molar refractivity (Wildman–Crippen MR) is 98.6 cm³/mol. The van der Waals surface area contributed by atoms with E-state index in [2.05, 4.69) is 14.8 Å². The van der Waals surface area contributed by atoms with Crippen LogP contribution in [0.25, 0.3) is 0 Å². The standard InChI is InChI=1S/C18H23N5O3S/c1-21(13-17-20-19-16-5-4-12-23(16)17)18(24)14-6-8-15(9-7-14)27(25,26)22-10-2-3-11-22/h6-9H,2-5,10-13H2,1H3. The van der Waals surface area contributed by atoms with Crippen molar-refractivity contribution in [1.82, 2.24) is 24.0 Å². The Balaban J connectivity index is 1.47. The molecule has 27 heavy (non-hydrogen) atoms. The first-order valence-corrected chi connectivity index (χ1v) is 10.7. The summed E-state index contributed by atoms with van der Waals surface area (Å²) in [5.41, 5.74) is 0.457. The molecule has 0 radical (unpaired) electrons. The Labute approximate surface area is 158 Å². The maximum absolute atomic E-state index is 12.7. The molecule has 1 aromatic carbocycles. The number of benzene rings is 1. The Morgan fingerprint density at radius 3 is 2.48 bits per heavy atom.